The number of aromatic nitrogens is 2. The Morgan fingerprint density at radius 1 is 1.50 bits per heavy atom. The van der Waals surface area contributed by atoms with Crippen LogP contribution in [0, 0.1) is 0 Å². The Morgan fingerprint density at radius 3 is 2.81 bits per heavy atom. The average molecular weight is 224 g/mol. The van der Waals surface area contributed by atoms with E-state index in [1.54, 1.807) is 0 Å². The molecule has 16 heavy (non-hydrogen) atoms. The fraction of sp³-hybridized carbons (Fsp3) is 0.750. The van der Waals surface area contributed by atoms with E-state index in [1.165, 1.54) is 5.56 Å². The predicted octanol–water partition coefficient (Wildman–Crippen LogP) is 1.51. The molecule has 1 atom stereocenters. The topological polar surface area (TPSA) is 33.1 Å². The molecule has 1 aromatic rings. The molecule has 1 unspecified atom stereocenters. The maximum atomic E-state index is 4.28. The third-order valence-corrected chi connectivity index (χ3v) is 2.96. The average Bonchev–Trinajstić information content (AvgIpc) is 2.77. The van der Waals surface area contributed by atoms with Gasteiger partial charge in [0.05, 0.1) is 6.20 Å². The molecule has 4 nitrogen and oxygen atoms in total. The van der Waals surface area contributed by atoms with Crippen LogP contribution < -0.4 is 5.32 Å². The number of nitrogens with one attached hydrogen (secondary N) is 1. The summed E-state index contributed by atoms with van der Waals surface area (Å²) in [6.07, 6.45) is 4.06. The molecule has 0 amide bonds. The van der Waals surface area contributed by atoms with Gasteiger partial charge in [0.25, 0.3) is 0 Å². The van der Waals surface area contributed by atoms with E-state index in [4.69, 9.17) is 0 Å². The third kappa shape index (κ3) is 3.94. The lowest BCUT2D eigenvalue weighted by Crippen LogP contribution is -2.30. The molecule has 0 fully saturated rings. The van der Waals surface area contributed by atoms with Crippen molar-refractivity contribution in [2.75, 3.05) is 26.7 Å². The van der Waals surface area contributed by atoms with Crippen LogP contribution in [0.25, 0.3) is 0 Å². The minimum absolute atomic E-state index is 0.380. The van der Waals surface area contributed by atoms with Crippen molar-refractivity contribution in [2.45, 2.75) is 33.4 Å². The number of hydrogen-bond acceptors (Lipinski definition) is 3. The molecule has 1 N–H and O–H groups in total. The first-order valence-corrected chi connectivity index (χ1v) is 6.11. The van der Waals surface area contributed by atoms with Gasteiger partial charge in [0.2, 0.25) is 0 Å². The summed E-state index contributed by atoms with van der Waals surface area (Å²) >= 11 is 0. The minimum atomic E-state index is 0.380. The van der Waals surface area contributed by atoms with Crippen molar-refractivity contribution in [1.82, 2.24) is 20.0 Å². The van der Waals surface area contributed by atoms with Crippen LogP contribution in [-0.4, -0.2) is 41.4 Å². The first-order valence-electron chi connectivity index (χ1n) is 6.11. The van der Waals surface area contributed by atoms with E-state index in [0.29, 0.717) is 6.04 Å². The first-order chi connectivity index (χ1) is 7.67. The van der Waals surface area contributed by atoms with E-state index < -0.39 is 0 Å². The van der Waals surface area contributed by atoms with Gasteiger partial charge in [0.1, 0.15) is 0 Å². The van der Waals surface area contributed by atoms with Crippen molar-refractivity contribution in [3.8, 4) is 0 Å². The van der Waals surface area contributed by atoms with Gasteiger partial charge in [-0.15, -0.1) is 0 Å². The third-order valence-electron chi connectivity index (χ3n) is 2.96. The molecule has 0 aliphatic heterocycles. The Morgan fingerprint density at radius 2 is 2.25 bits per heavy atom. The van der Waals surface area contributed by atoms with Gasteiger partial charge in [-0.2, -0.15) is 5.10 Å². The molecular weight excluding hydrogens is 200 g/mol. The summed E-state index contributed by atoms with van der Waals surface area (Å²) in [5.74, 6) is 0. The van der Waals surface area contributed by atoms with Crippen molar-refractivity contribution < 1.29 is 0 Å². The molecule has 0 radical (unpaired) electrons. The van der Waals surface area contributed by atoms with Crippen LogP contribution >= 0.6 is 0 Å². The fourth-order valence-corrected chi connectivity index (χ4v) is 1.52. The zero-order valence-corrected chi connectivity index (χ0v) is 10.9. The van der Waals surface area contributed by atoms with Gasteiger partial charge in [-0.1, -0.05) is 6.92 Å². The number of hydrogen-bond donors (Lipinski definition) is 1. The molecular formula is C12H24N4. The SMILES string of the molecule is CCN(C)CCNC(C)c1cnn(CC)c1. The van der Waals surface area contributed by atoms with E-state index in [2.05, 4.69) is 49.3 Å². The van der Waals surface area contributed by atoms with Crippen LogP contribution in [0.4, 0.5) is 0 Å². The van der Waals surface area contributed by atoms with Crippen LogP contribution in [0.5, 0.6) is 0 Å². The summed E-state index contributed by atoms with van der Waals surface area (Å²) in [5.41, 5.74) is 1.26. The highest BCUT2D eigenvalue weighted by Crippen LogP contribution is 2.10. The monoisotopic (exact) mass is 224 g/mol. The standard InChI is InChI=1S/C12H24N4/c1-5-15(4)8-7-13-11(3)12-9-14-16(6-2)10-12/h9-11,13H,5-8H2,1-4H3. The maximum absolute atomic E-state index is 4.28. The first kappa shape index (κ1) is 13.2. The van der Waals surface area contributed by atoms with Gasteiger partial charge in [-0.25, -0.2) is 0 Å². The summed E-state index contributed by atoms with van der Waals surface area (Å²) in [4.78, 5) is 2.30. The van der Waals surface area contributed by atoms with Gasteiger partial charge in [-0.3, -0.25) is 4.68 Å². The molecule has 0 spiro atoms. The molecule has 0 bridgehead atoms. The second-order valence-electron chi connectivity index (χ2n) is 4.20. The summed E-state index contributed by atoms with van der Waals surface area (Å²) in [5, 5.41) is 7.79. The lowest BCUT2D eigenvalue weighted by atomic mass is 10.2. The zero-order valence-electron chi connectivity index (χ0n) is 10.9. The van der Waals surface area contributed by atoms with E-state index in [9.17, 15) is 0 Å². The molecule has 0 saturated carbocycles. The molecule has 0 aliphatic rings. The predicted molar refractivity (Wildman–Crippen MR) is 67.5 cm³/mol. The van der Waals surface area contributed by atoms with E-state index >= 15 is 0 Å². The fourth-order valence-electron chi connectivity index (χ4n) is 1.52. The van der Waals surface area contributed by atoms with Gasteiger partial charge in [-0.05, 0) is 27.4 Å². The highest BCUT2D eigenvalue weighted by molar-refractivity contribution is 5.08. The number of rotatable bonds is 7. The lowest BCUT2D eigenvalue weighted by molar-refractivity contribution is 0.342. The van der Waals surface area contributed by atoms with Crippen LogP contribution in [0.15, 0.2) is 12.4 Å². The summed E-state index contributed by atoms with van der Waals surface area (Å²) < 4.78 is 1.96. The van der Waals surface area contributed by atoms with Crippen molar-refractivity contribution in [1.29, 1.82) is 0 Å². The normalized spacial score (nSPS) is 13.3. The van der Waals surface area contributed by atoms with E-state index in [1.807, 2.05) is 10.9 Å². The second-order valence-corrected chi connectivity index (χ2v) is 4.20. The Labute approximate surface area is 98.6 Å². The highest BCUT2D eigenvalue weighted by atomic mass is 15.3. The molecule has 0 aromatic carbocycles. The maximum Gasteiger partial charge on any atom is 0.0537 e. The van der Waals surface area contributed by atoms with Crippen molar-refractivity contribution in [3.05, 3.63) is 18.0 Å². The highest BCUT2D eigenvalue weighted by Gasteiger charge is 2.06. The number of aryl methyl sites for hydroxylation is 1. The second kappa shape index (κ2) is 6.66. The quantitative estimate of drug-likeness (QED) is 0.762. The van der Waals surface area contributed by atoms with Crippen LogP contribution in [0.3, 0.4) is 0 Å². The van der Waals surface area contributed by atoms with Crippen LogP contribution in [-0.2, 0) is 6.54 Å². The van der Waals surface area contributed by atoms with Crippen molar-refractivity contribution >= 4 is 0 Å². The van der Waals surface area contributed by atoms with Crippen molar-refractivity contribution in [3.63, 3.8) is 0 Å². The molecule has 4 heteroatoms. The zero-order chi connectivity index (χ0) is 12.0. The van der Waals surface area contributed by atoms with Gasteiger partial charge in [0, 0.05) is 37.4 Å². The van der Waals surface area contributed by atoms with E-state index in [0.717, 1.165) is 26.2 Å². The molecule has 92 valence electrons. The minimum Gasteiger partial charge on any atom is -0.309 e. The number of likely N-dealkylation sites (N-methyl/N-ethyl adjacent to an activating group) is 1. The van der Waals surface area contributed by atoms with Gasteiger partial charge in [0.15, 0.2) is 0 Å². The summed E-state index contributed by atoms with van der Waals surface area (Å²) in [6, 6.07) is 0.380. The summed E-state index contributed by atoms with van der Waals surface area (Å²) in [7, 11) is 2.14. The van der Waals surface area contributed by atoms with E-state index in [-0.39, 0.29) is 0 Å². The van der Waals surface area contributed by atoms with Crippen LogP contribution in [0.2, 0.25) is 0 Å². The molecule has 0 aliphatic carbocycles. The molecule has 1 heterocycles. The van der Waals surface area contributed by atoms with Gasteiger partial charge < -0.3 is 10.2 Å². The molecule has 1 rings (SSSR count). The Bertz CT molecular complexity index is 295. The largest absolute Gasteiger partial charge is 0.309 e. The van der Waals surface area contributed by atoms with Crippen molar-refractivity contribution in [2.24, 2.45) is 0 Å². The molecule has 0 saturated heterocycles. The molecule has 1 aromatic heterocycles. The Kier molecular flexibility index (Phi) is 5.49. The van der Waals surface area contributed by atoms with Crippen LogP contribution in [0.1, 0.15) is 32.4 Å². The lowest BCUT2D eigenvalue weighted by Gasteiger charge is -2.17. The summed E-state index contributed by atoms with van der Waals surface area (Å²) in [6.45, 7) is 10.6. The number of nitrogens with zero attached hydrogens (tertiary/aromatic N) is 3. The Balaban J connectivity index is 2.31. The van der Waals surface area contributed by atoms with Gasteiger partial charge >= 0.3 is 0 Å². The Hall–Kier alpha value is -0.870. The smallest absolute Gasteiger partial charge is 0.0537 e.